The molecular weight excluding hydrogens is 408 g/mol. The zero-order valence-corrected chi connectivity index (χ0v) is 14.1. The minimum atomic E-state index is -1.15. The van der Waals surface area contributed by atoms with Crippen LogP contribution in [0.5, 0.6) is 0 Å². The summed E-state index contributed by atoms with van der Waals surface area (Å²) in [5.41, 5.74) is 0. The first-order valence-corrected chi connectivity index (χ1v) is 6.97. The molecule has 0 amide bonds. The first-order chi connectivity index (χ1) is 7.14. The average Bonchev–Trinajstić information content (AvgIpc) is 2.51. The fourth-order valence-electron chi connectivity index (χ4n) is 0.887. The Hall–Kier alpha value is 0.250. The third kappa shape index (κ3) is 6.75. The van der Waals surface area contributed by atoms with Crippen LogP contribution in [0.2, 0.25) is 0 Å². The van der Waals surface area contributed by atoms with Crippen LogP contribution in [0, 0.1) is 0 Å². The largest absolute Gasteiger partial charge is 0.479 e. The van der Waals surface area contributed by atoms with Gasteiger partial charge in [-0.05, 0) is 61.6 Å². The van der Waals surface area contributed by atoms with Gasteiger partial charge in [-0.1, -0.05) is 0 Å². The van der Waals surface area contributed by atoms with Crippen LogP contribution in [0.4, 0.5) is 0 Å². The van der Waals surface area contributed by atoms with Gasteiger partial charge in [-0.2, -0.15) is 0 Å². The number of carboxylic acid groups (broad SMARTS) is 1. The Balaban J connectivity index is 0.000000293. The number of rotatable bonds is 1. The maximum Gasteiger partial charge on any atom is 0.342 e. The van der Waals surface area contributed by atoms with Gasteiger partial charge in [0, 0.05) is 25.5 Å². The van der Waals surface area contributed by atoms with Crippen molar-refractivity contribution in [3.63, 3.8) is 0 Å². The molecule has 1 aliphatic rings. The Bertz CT molecular complexity index is 264. The Morgan fingerprint density at radius 3 is 1.94 bits per heavy atom. The van der Waals surface area contributed by atoms with Crippen LogP contribution in [0.3, 0.4) is 0 Å². The van der Waals surface area contributed by atoms with E-state index in [0.717, 1.165) is 6.67 Å². The Morgan fingerprint density at radius 1 is 1.38 bits per heavy atom. The topological polar surface area (TPSA) is 43.8 Å². The lowest BCUT2D eigenvalue weighted by atomic mass is 10.4. The van der Waals surface area contributed by atoms with Crippen molar-refractivity contribution < 1.29 is 9.90 Å². The van der Waals surface area contributed by atoms with Crippen LogP contribution in [-0.4, -0.2) is 42.8 Å². The third-order valence-corrected chi connectivity index (χ3v) is 2.82. The molecule has 1 rings (SSSR count). The molecule has 1 N–H and O–H groups in total. The summed E-state index contributed by atoms with van der Waals surface area (Å²) in [6, 6.07) is 0.631. The smallest absolute Gasteiger partial charge is 0.342 e. The number of alkyl halides is 3. The molecule has 0 atom stereocenters. The molecule has 1 aliphatic heterocycles. The van der Waals surface area contributed by atoms with Gasteiger partial charge in [-0.15, -0.1) is 0 Å². The lowest BCUT2D eigenvalue weighted by Gasteiger charge is -2.21. The van der Waals surface area contributed by atoms with Gasteiger partial charge in [0.15, 0.2) is 0 Å². The highest BCUT2D eigenvalue weighted by Gasteiger charge is 2.27. The standard InChI is InChI=1S/C7H14N2.C2HBr3O2/c1-7(2)9-5-4-8(3)6-9;3-2(4,5)1(6)7/h4-5,7H,6H2,1-3H3;(H,6,7). The molecular formula is C9H15Br3N2O2. The quantitative estimate of drug-likeness (QED) is 0.660. The van der Waals surface area contributed by atoms with Crippen molar-refractivity contribution in [3.8, 4) is 0 Å². The molecule has 0 aromatic rings. The van der Waals surface area contributed by atoms with Crippen LogP contribution in [0.1, 0.15) is 13.8 Å². The Labute approximate surface area is 121 Å². The molecule has 0 aliphatic carbocycles. The van der Waals surface area contributed by atoms with Crippen molar-refractivity contribution in [2.45, 2.75) is 22.0 Å². The summed E-state index contributed by atoms with van der Waals surface area (Å²) >= 11 is 8.33. The van der Waals surface area contributed by atoms with Crippen LogP contribution in [-0.2, 0) is 4.79 Å². The highest BCUT2D eigenvalue weighted by Crippen LogP contribution is 2.33. The lowest BCUT2D eigenvalue weighted by molar-refractivity contribution is -0.134. The zero-order valence-electron chi connectivity index (χ0n) is 9.32. The second kappa shape index (κ2) is 6.86. The van der Waals surface area contributed by atoms with Crippen molar-refractivity contribution in [1.29, 1.82) is 0 Å². The molecule has 0 aromatic heterocycles. The van der Waals surface area contributed by atoms with Gasteiger partial charge >= 0.3 is 5.97 Å². The van der Waals surface area contributed by atoms with Gasteiger partial charge in [-0.3, -0.25) is 0 Å². The van der Waals surface area contributed by atoms with Gasteiger partial charge in [0.1, 0.15) is 0 Å². The summed E-state index contributed by atoms with van der Waals surface area (Å²) in [5.74, 6) is -1.01. The van der Waals surface area contributed by atoms with Crippen LogP contribution < -0.4 is 0 Å². The summed E-state index contributed by atoms with van der Waals surface area (Å²) in [6.45, 7) is 5.44. The van der Waals surface area contributed by atoms with Crippen molar-refractivity contribution in [2.75, 3.05) is 13.7 Å². The molecule has 0 fully saturated rings. The zero-order chi connectivity index (χ0) is 12.9. The van der Waals surface area contributed by atoms with Gasteiger partial charge in [0.25, 0.3) is 0 Å². The molecule has 0 spiro atoms. The minimum Gasteiger partial charge on any atom is -0.479 e. The Kier molecular flexibility index (Phi) is 6.96. The van der Waals surface area contributed by atoms with E-state index in [1.807, 2.05) is 0 Å². The number of carboxylic acids is 1. The lowest BCUT2D eigenvalue weighted by Crippen LogP contribution is -2.28. The monoisotopic (exact) mass is 420 g/mol. The summed E-state index contributed by atoms with van der Waals surface area (Å²) < 4.78 is -1.15. The molecule has 16 heavy (non-hydrogen) atoms. The van der Waals surface area contributed by atoms with E-state index in [2.05, 4.69) is 90.9 Å². The summed E-state index contributed by atoms with van der Waals surface area (Å²) in [7, 11) is 2.08. The van der Waals surface area contributed by atoms with E-state index in [1.54, 1.807) is 0 Å². The highest BCUT2D eigenvalue weighted by atomic mass is 80.0. The van der Waals surface area contributed by atoms with E-state index in [1.165, 1.54) is 0 Å². The van der Waals surface area contributed by atoms with Gasteiger partial charge in [0.2, 0.25) is 2.14 Å². The maximum atomic E-state index is 9.88. The van der Waals surface area contributed by atoms with E-state index >= 15 is 0 Å². The van der Waals surface area contributed by atoms with Crippen LogP contribution >= 0.6 is 47.8 Å². The fourth-order valence-corrected chi connectivity index (χ4v) is 0.887. The molecule has 94 valence electrons. The fraction of sp³-hybridized carbons (Fsp3) is 0.667. The first-order valence-electron chi connectivity index (χ1n) is 4.59. The second-order valence-corrected chi connectivity index (χ2v) is 10.4. The van der Waals surface area contributed by atoms with E-state index in [4.69, 9.17) is 5.11 Å². The highest BCUT2D eigenvalue weighted by molar-refractivity contribution is 9.40. The van der Waals surface area contributed by atoms with Gasteiger partial charge < -0.3 is 14.9 Å². The van der Waals surface area contributed by atoms with Gasteiger partial charge in [0.05, 0.1) is 6.67 Å². The van der Waals surface area contributed by atoms with Crippen LogP contribution in [0.25, 0.3) is 0 Å². The predicted octanol–water partition coefficient (Wildman–Crippen LogP) is 2.98. The molecule has 0 bridgehead atoms. The summed E-state index contributed by atoms with van der Waals surface area (Å²) in [6.07, 6.45) is 4.23. The number of halogens is 3. The third-order valence-electron chi connectivity index (χ3n) is 1.80. The minimum absolute atomic E-state index is 0.631. The Morgan fingerprint density at radius 2 is 1.81 bits per heavy atom. The normalized spacial score (nSPS) is 15.2. The molecule has 4 nitrogen and oxygen atoms in total. The molecule has 7 heteroatoms. The maximum absolute atomic E-state index is 9.88. The van der Waals surface area contributed by atoms with E-state index in [9.17, 15) is 4.79 Å². The van der Waals surface area contributed by atoms with Crippen LogP contribution in [0.15, 0.2) is 12.4 Å². The molecule has 0 saturated carbocycles. The second-order valence-electron chi connectivity index (χ2n) is 3.61. The summed E-state index contributed by atoms with van der Waals surface area (Å²) in [4.78, 5) is 14.3. The van der Waals surface area contributed by atoms with Gasteiger partial charge in [-0.25, -0.2) is 4.79 Å². The van der Waals surface area contributed by atoms with E-state index in [0.29, 0.717) is 6.04 Å². The predicted molar refractivity (Wildman–Crippen MR) is 75.9 cm³/mol. The number of nitrogens with zero attached hydrogens (tertiary/aromatic N) is 2. The van der Waals surface area contributed by atoms with Crippen molar-refractivity contribution in [3.05, 3.63) is 12.4 Å². The molecule has 0 unspecified atom stereocenters. The number of aliphatic carboxylic acids is 1. The summed E-state index contributed by atoms with van der Waals surface area (Å²) in [5, 5.41) is 8.11. The molecule has 0 radical (unpaired) electrons. The first kappa shape index (κ1) is 16.2. The number of carbonyl (C=O) groups is 1. The number of hydrogen-bond donors (Lipinski definition) is 1. The van der Waals surface area contributed by atoms with E-state index < -0.39 is 8.11 Å². The molecule has 0 aromatic carbocycles. The van der Waals surface area contributed by atoms with Crippen molar-refractivity contribution >= 4 is 53.8 Å². The SMILES string of the molecule is CC(C)N1C=CN(C)C1.O=C(O)C(Br)(Br)Br. The van der Waals surface area contributed by atoms with E-state index in [-0.39, 0.29) is 0 Å². The van der Waals surface area contributed by atoms with Crippen molar-refractivity contribution in [1.82, 2.24) is 9.80 Å². The molecule has 0 saturated heterocycles. The van der Waals surface area contributed by atoms with Crippen molar-refractivity contribution in [2.24, 2.45) is 0 Å². The average molecular weight is 423 g/mol. The number of hydrogen-bond acceptors (Lipinski definition) is 3. The molecule has 1 heterocycles.